The van der Waals surface area contributed by atoms with E-state index >= 15 is 0 Å². The van der Waals surface area contributed by atoms with E-state index in [1.807, 2.05) is 0 Å². The molecule has 1 fully saturated rings. The summed E-state index contributed by atoms with van der Waals surface area (Å²) < 4.78 is 7.50. The molecule has 0 aromatic heterocycles. The molecule has 0 aliphatic heterocycles. The minimum Gasteiger partial charge on any atom is -0.0622 e. The zero-order valence-corrected chi connectivity index (χ0v) is 35.9. The summed E-state index contributed by atoms with van der Waals surface area (Å²) in [5, 5.41) is 4.19. The normalized spacial score (nSPS) is 13.3. The first-order valence-electron chi connectivity index (χ1n) is 18.8. The maximum absolute atomic E-state index is 7.50. The van der Waals surface area contributed by atoms with Gasteiger partial charge < -0.3 is 0 Å². The molecule has 1 saturated carbocycles. The van der Waals surface area contributed by atoms with E-state index in [9.17, 15) is 0 Å². The molecule has 0 spiro atoms. The van der Waals surface area contributed by atoms with E-state index in [1.54, 1.807) is 0 Å². The predicted octanol–water partition coefficient (Wildman–Crippen LogP) is 12.4. The monoisotopic (exact) mass is 916 g/mol. The molecule has 0 N–H and O–H groups in total. The van der Waals surface area contributed by atoms with Crippen molar-refractivity contribution in [2.75, 3.05) is 0 Å². The summed E-state index contributed by atoms with van der Waals surface area (Å²) in [5.74, 6) is 6.39. The first kappa shape index (κ1) is 42.6. The molecule has 9 rings (SSSR count). The summed E-state index contributed by atoms with van der Waals surface area (Å²) in [5.41, 5.74) is 6.13. The number of hydrogen-bond donors (Lipinski definition) is 0. The molecular formula is C54H40BrOPRu+. The minimum absolute atomic E-state index is 0.446. The Kier molecular flexibility index (Phi) is 16.8. The van der Waals surface area contributed by atoms with Crippen LogP contribution in [0.25, 0.3) is 0 Å². The van der Waals surface area contributed by atoms with E-state index in [1.165, 1.54) is 73.3 Å². The second-order valence-corrected chi connectivity index (χ2v) is 15.3. The Morgan fingerprint density at radius 1 is 0.259 bits per heavy atom. The van der Waals surface area contributed by atoms with E-state index in [-0.39, 0.29) is 0 Å². The van der Waals surface area contributed by atoms with Crippen LogP contribution < -0.4 is 15.9 Å². The van der Waals surface area contributed by atoms with Gasteiger partial charge in [0.1, 0.15) is 0 Å². The molecule has 1 aliphatic carbocycles. The van der Waals surface area contributed by atoms with Crippen LogP contribution in [0.4, 0.5) is 0 Å². The van der Waals surface area contributed by atoms with Gasteiger partial charge in [-0.15, -0.1) is 0 Å². The number of rotatable bonds is 8. The fraction of sp³-hybridized carbons (Fsp3) is 0. The summed E-state index contributed by atoms with van der Waals surface area (Å²) in [6, 6.07) is 86.5. The molecule has 8 aromatic carbocycles. The fourth-order valence-electron chi connectivity index (χ4n) is 7.27. The molecule has 1 nitrogen and oxygen atoms in total. The molecule has 4 heteroatoms. The Morgan fingerprint density at radius 2 is 0.397 bits per heavy atom. The topological polar surface area (TPSA) is 19.9 Å². The van der Waals surface area contributed by atoms with Gasteiger partial charge in [-0.05, 0) is 51.7 Å². The number of benzene rings is 8. The average molecular weight is 917 g/mol. The van der Waals surface area contributed by atoms with Crippen LogP contribution >= 0.6 is 21.5 Å². The van der Waals surface area contributed by atoms with Crippen LogP contribution in [0.2, 0.25) is 0 Å². The molecule has 1 aliphatic rings. The molecular weight excluding hydrogens is 877 g/mol. The first-order valence-corrected chi connectivity index (χ1v) is 24.1. The summed E-state index contributed by atoms with van der Waals surface area (Å²) in [4.78, 5) is 0. The molecule has 0 saturated heterocycles. The Labute approximate surface area is 362 Å². The number of halogens is 1. The smallest absolute Gasteiger partial charge is 0.0299 e. The zero-order chi connectivity index (χ0) is 40.4. The van der Waals surface area contributed by atoms with E-state index < -0.39 is 7.92 Å². The van der Waals surface area contributed by atoms with Crippen molar-refractivity contribution in [3.63, 3.8) is 0 Å². The average Bonchev–Trinajstić information content (AvgIpc) is 3.70. The van der Waals surface area contributed by atoms with Crippen molar-refractivity contribution in [1.29, 1.82) is 0 Å². The first-order chi connectivity index (χ1) is 28.9. The van der Waals surface area contributed by atoms with Gasteiger partial charge in [0.15, 0.2) is 0 Å². The van der Waals surface area contributed by atoms with Crippen LogP contribution in [0, 0.1) is 36.2 Å². The Hall–Kier alpha value is -4.97. The van der Waals surface area contributed by atoms with Gasteiger partial charge in [0.2, 0.25) is 0 Å². The molecule has 5 radical (unpaired) electrons. The van der Waals surface area contributed by atoms with Crippen LogP contribution in [-0.4, -0.2) is 0 Å². The van der Waals surface area contributed by atoms with Gasteiger partial charge in [-0.3, -0.25) is 0 Å². The molecule has 0 atom stereocenters. The SMILES string of the molecule is [Br][Ru+].[C-]#[O+].c1ccc(P(c2ccccc2)c2ccccc2)cc1.c1ccc([C]2[C](c3ccccc3)[C](c3ccccc3)[C](c3ccccc3)[C]2c2ccccc2)cc1. The van der Waals surface area contributed by atoms with Gasteiger partial charge in [0, 0.05) is 29.6 Å². The van der Waals surface area contributed by atoms with Gasteiger partial charge in [-0.2, -0.15) is 0 Å². The van der Waals surface area contributed by atoms with Crippen molar-refractivity contribution in [3.05, 3.63) is 307 Å². The van der Waals surface area contributed by atoms with Crippen molar-refractivity contribution in [1.82, 2.24) is 0 Å². The fourth-order valence-corrected chi connectivity index (χ4v) is 9.58. The maximum atomic E-state index is 7.50. The van der Waals surface area contributed by atoms with Crippen molar-refractivity contribution < 1.29 is 21.0 Å². The van der Waals surface area contributed by atoms with Gasteiger partial charge in [0.05, 0.1) is 0 Å². The van der Waals surface area contributed by atoms with Gasteiger partial charge >= 0.3 is 41.3 Å². The molecule has 0 bridgehead atoms. The molecule has 58 heavy (non-hydrogen) atoms. The van der Waals surface area contributed by atoms with Crippen LogP contribution in [0.1, 0.15) is 27.8 Å². The van der Waals surface area contributed by atoms with Gasteiger partial charge in [0.25, 0.3) is 0 Å². The molecule has 0 unspecified atom stereocenters. The van der Waals surface area contributed by atoms with Crippen LogP contribution in [0.5, 0.6) is 0 Å². The van der Waals surface area contributed by atoms with E-state index in [4.69, 9.17) is 4.65 Å². The second kappa shape index (κ2) is 22.8. The summed E-state index contributed by atoms with van der Waals surface area (Å²) in [7, 11) is -0.446. The Bertz CT molecular complexity index is 1980. The van der Waals surface area contributed by atoms with Crippen LogP contribution in [-0.2, 0) is 21.0 Å². The summed E-state index contributed by atoms with van der Waals surface area (Å²) >= 11 is 5.03. The Balaban J connectivity index is 0.000000208. The molecule has 0 amide bonds. The zero-order valence-electron chi connectivity index (χ0n) is 31.7. The van der Waals surface area contributed by atoms with Crippen LogP contribution in [0.15, 0.2) is 243 Å². The van der Waals surface area contributed by atoms with E-state index in [2.05, 4.69) is 279 Å². The van der Waals surface area contributed by atoms with Crippen molar-refractivity contribution >= 4 is 37.5 Å². The standard InChI is InChI=1S/C35H25.C18H15P.CO.BrH.Ru/c1-6-16-26(17-7-1)31-32(27-18-8-2-9-19-27)34(29-22-12-4-13-23-29)35(30-24-14-5-15-25-30)33(31)28-20-10-3-11-21-28;1-4-10-16(11-5-1)19(17-12-6-2-7-13-17)18-14-8-3-9-15-18;1-2;;/h1-25H;1-15H;;1H;/q;;;;+2/p-1. The molecule has 8 aromatic rings. The summed E-state index contributed by atoms with van der Waals surface area (Å²) in [6.45, 7) is 4.50. The molecule has 281 valence electrons. The van der Waals surface area contributed by atoms with Gasteiger partial charge in [-0.1, -0.05) is 243 Å². The third-order valence-electron chi connectivity index (χ3n) is 9.61. The minimum atomic E-state index is -0.446. The second-order valence-electron chi connectivity index (χ2n) is 13.0. The Morgan fingerprint density at radius 3 is 0.552 bits per heavy atom. The summed E-state index contributed by atoms with van der Waals surface area (Å²) in [6.07, 6.45) is 0. The molecule has 0 heterocycles. The third-order valence-corrected chi connectivity index (χ3v) is 12.0. The van der Waals surface area contributed by atoms with Gasteiger partial charge in [-0.25, -0.2) is 0 Å². The maximum Gasteiger partial charge on any atom is 0.0299 e. The van der Waals surface area contributed by atoms with Crippen molar-refractivity contribution in [2.45, 2.75) is 0 Å². The van der Waals surface area contributed by atoms with Crippen molar-refractivity contribution in [3.8, 4) is 0 Å². The quantitative estimate of drug-likeness (QED) is 0.0626. The van der Waals surface area contributed by atoms with Crippen LogP contribution in [0.3, 0.4) is 0 Å². The van der Waals surface area contributed by atoms with Crippen molar-refractivity contribution in [2.24, 2.45) is 0 Å². The number of hydrogen-bond acceptors (Lipinski definition) is 0. The van der Waals surface area contributed by atoms with E-state index in [0.717, 1.165) is 0 Å². The largest absolute Gasteiger partial charge is 0.0622 e. The van der Waals surface area contributed by atoms with E-state index in [0.29, 0.717) is 0 Å². The third kappa shape index (κ3) is 10.4. The predicted molar refractivity (Wildman–Crippen MR) is 242 cm³/mol.